The summed E-state index contributed by atoms with van der Waals surface area (Å²) < 4.78 is 7.47. The Balaban J connectivity index is 2.67. The van der Waals surface area contributed by atoms with E-state index in [-0.39, 0.29) is 6.04 Å². The highest BCUT2D eigenvalue weighted by molar-refractivity contribution is 6.35. The molecule has 0 saturated carbocycles. The number of imidazole rings is 1. The number of methoxy groups -OCH3 is 1. The molecule has 3 nitrogen and oxygen atoms in total. The summed E-state index contributed by atoms with van der Waals surface area (Å²) in [6.07, 6.45) is 0. The minimum atomic E-state index is 0.170. The molecule has 0 fully saturated rings. The zero-order valence-corrected chi connectivity index (χ0v) is 12.9. The van der Waals surface area contributed by atoms with Crippen LogP contribution in [-0.4, -0.2) is 23.3 Å². The predicted octanol–water partition coefficient (Wildman–Crippen LogP) is 4.27. The number of hydrogen-bond donors (Lipinski definition) is 0. The standard InChI is InChI=1S/C14H18Cl2N2O/c1-9(2)12(8-19-3)18-13(7-15)17-11-6-4-5-10(16)14(11)18/h4-6,9,12H,7-8H2,1-3H3. The van der Waals surface area contributed by atoms with Crippen LogP contribution in [0.2, 0.25) is 5.02 Å². The molecule has 1 unspecified atom stereocenters. The highest BCUT2D eigenvalue weighted by atomic mass is 35.5. The normalized spacial score (nSPS) is 13.4. The Morgan fingerprint density at radius 2 is 2.11 bits per heavy atom. The molecule has 1 aromatic carbocycles. The summed E-state index contributed by atoms with van der Waals surface area (Å²) in [7, 11) is 1.70. The minimum absolute atomic E-state index is 0.170. The molecule has 19 heavy (non-hydrogen) atoms. The van der Waals surface area contributed by atoms with E-state index in [0.29, 0.717) is 23.4 Å². The number of para-hydroxylation sites is 1. The van der Waals surface area contributed by atoms with E-state index in [4.69, 9.17) is 27.9 Å². The van der Waals surface area contributed by atoms with Gasteiger partial charge in [-0.15, -0.1) is 11.6 Å². The summed E-state index contributed by atoms with van der Waals surface area (Å²) in [5.74, 6) is 1.59. The lowest BCUT2D eigenvalue weighted by Crippen LogP contribution is -2.22. The summed E-state index contributed by atoms with van der Waals surface area (Å²) in [5.41, 5.74) is 1.82. The largest absolute Gasteiger partial charge is 0.383 e. The second-order valence-electron chi connectivity index (χ2n) is 4.91. The number of benzene rings is 1. The van der Waals surface area contributed by atoms with Crippen LogP contribution < -0.4 is 0 Å². The third-order valence-corrected chi connectivity index (χ3v) is 3.84. The molecule has 2 rings (SSSR count). The molecule has 0 N–H and O–H groups in total. The van der Waals surface area contributed by atoms with Crippen molar-refractivity contribution in [2.75, 3.05) is 13.7 Å². The third-order valence-electron chi connectivity index (χ3n) is 3.29. The van der Waals surface area contributed by atoms with Gasteiger partial charge in [-0.25, -0.2) is 4.98 Å². The maximum absolute atomic E-state index is 6.34. The van der Waals surface area contributed by atoms with Crippen molar-refractivity contribution in [2.24, 2.45) is 5.92 Å². The minimum Gasteiger partial charge on any atom is -0.383 e. The smallest absolute Gasteiger partial charge is 0.125 e. The van der Waals surface area contributed by atoms with Gasteiger partial charge in [0.2, 0.25) is 0 Å². The average molecular weight is 301 g/mol. The van der Waals surface area contributed by atoms with Gasteiger partial charge in [-0.1, -0.05) is 31.5 Å². The number of alkyl halides is 1. The zero-order chi connectivity index (χ0) is 14.0. The Morgan fingerprint density at radius 3 is 2.68 bits per heavy atom. The van der Waals surface area contributed by atoms with Crippen molar-refractivity contribution in [1.82, 2.24) is 9.55 Å². The van der Waals surface area contributed by atoms with Crippen LogP contribution >= 0.6 is 23.2 Å². The van der Waals surface area contributed by atoms with Crippen LogP contribution in [0.4, 0.5) is 0 Å². The predicted molar refractivity (Wildman–Crippen MR) is 80.1 cm³/mol. The van der Waals surface area contributed by atoms with Crippen LogP contribution in [0.3, 0.4) is 0 Å². The van der Waals surface area contributed by atoms with Gasteiger partial charge in [0.15, 0.2) is 0 Å². The number of nitrogens with zero attached hydrogens (tertiary/aromatic N) is 2. The van der Waals surface area contributed by atoms with Gasteiger partial charge in [0, 0.05) is 7.11 Å². The van der Waals surface area contributed by atoms with E-state index in [2.05, 4.69) is 23.4 Å². The van der Waals surface area contributed by atoms with Crippen LogP contribution in [0.15, 0.2) is 18.2 Å². The van der Waals surface area contributed by atoms with E-state index >= 15 is 0 Å². The van der Waals surface area contributed by atoms with Crippen molar-refractivity contribution in [1.29, 1.82) is 0 Å². The van der Waals surface area contributed by atoms with Gasteiger partial charge in [0.25, 0.3) is 0 Å². The van der Waals surface area contributed by atoms with Gasteiger partial charge >= 0.3 is 0 Å². The second kappa shape index (κ2) is 6.12. The van der Waals surface area contributed by atoms with E-state index in [0.717, 1.165) is 16.9 Å². The van der Waals surface area contributed by atoms with Crippen molar-refractivity contribution in [3.05, 3.63) is 29.0 Å². The number of ether oxygens (including phenoxy) is 1. The average Bonchev–Trinajstić information content (AvgIpc) is 2.75. The number of fused-ring (bicyclic) bond motifs is 1. The molecule has 1 heterocycles. The summed E-state index contributed by atoms with van der Waals surface area (Å²) in [4.78, 5) is 4.57. The molecular formula is C14H18Cl2N2O. The van der Waals surface area contributed by atoms with E-state index in [1.165, 1.54) is 0 Å². The summed E-state index contributed by atoms with van der Waals surface area (Å²) >= 11 is 12.4. The first-order valence-corrected chi connectivity index (χ1v) is 7.21. The molecule has 1 aromatic heterocycles. The van der Waals surface area contributed by atoms with Gasteiger partial charge in [-0.05, 0) is 18.1 Å². The van der Waals surface area contributed by atoms with Crippen LogP contribution in [0.25, 0.3) is 11.0 Å². The molecule has 104 valence electrons. The molecule has 0 aliphatic carbocycles. The Hall–Kier alpha value is -0.770. The summed E-state index contributed by atoms with van der Waals surface area (Å²) in [6, 6.07) is 5.91. The lowest BCUT2D eigenvalue weighted by Gasteiger charge is -2.24. The molecule has 0 saturated heterocycles. The number of halogens is 2. The van der Waals surface area contributed by atoms with Crippen LogP contribution in [0.1, 0.15) is 25.7 Å². The van der Waals surface area contributed by atoms with E-state index in [1.54, 1.807) is 7.11 Å². The summed E-state index contributed by atoms with van der Waals surface area (Å²) in [6.45, 7) is 4.92. The van der Waals surface area contributed by atoms with E-state index < -0.39 is 0 Å². The molecule has 0 radical (unpaired) electrons. The maximum Gasteiger partial charge on any atom is 0.125 e. The zero-order valence-electron chi connectivity index (χ0n) is 11.4. The fourth-order valence-corrected chi connectivity index (χ4v) is 2.79. The molecule has 0 aliphatic heterocycles. The number of hydrogen-bond acceptors (Lipinski definition) is 2. The highest BCUT2D eigenvalue weighted by Crippen LogP contribution is 2.31. The topological polar surface area (TPSA) is 27.1 Å². The first kappa shape index (κ1) is 14.6. The first-order chi connectivity index (χ1) is 9.10. The Morgan fingerprint density at radius 1 is 1.37 bits per heavy atom. The quantitative estimate of drug-likeness (QED) is 0.771. The van der Waals surface area contributed by atoms with Crippen molar-refractivity contribution in [2.45, 2.75) is 25.8 Å². The van der Waals surface area contributed by atoms with Gasteiger partial charge < -0.3 is 9.30 Å². The van der Waals surface area contributed by atoms with Crippen LogP contribution in [0.5, 0.6) is 0 Å². The molecule has 0 aliphatic rings. The molecule has 0 bridgehead atoms. The fraction of sp³-hybridized carbons (Fsp3) is 0.500. The van der Waals surface area contributed by atoms with Gasteiger partial charge in [0.05, 0.1) is 34.6 Å². The van der Waals surface area contributed by atoms with Crippen molar-refractivity contribution in [3.63, 3.8) is 0 Å². The Labute approximate surface area is 123 Å². The molecular weight excluding hydrogens is 283 g/mol. The monoisotopic (exact) mass is 300 g/mol. The SMILES string of the molecule is COCC(C(C)C)n1c(CCl)nc2cccc(Cl)c21. The highest BCUT2D eigenvalue weighted by Gasteiger charge is 2.22. The first-order valence-electron chi connectivity index (χ1n) is 6.30. The van der Waals surface area contributed by atoms with Crippen molar-refractivity contribution >= 4 is 34.2 Å². The number of rotatable bonds is 5. The van der Waals surface area contributed by atoms with Crippen molar-refractivity contribution < 1.29 is 4.74 Å². The third kappa shape index (κ3) is 2.73. The lowest BCUT2D eigenvalue weighted by molar-refractivity contribution is 0.134. The van der Waals surface area contributed by atoms with Crippen molar-refractivity contribution in [3.8, 4) is 0 Å². The van der Waals surface area contributed by atoms with Crippen LogP contribution in [-0.2, 0) is 10.6 Å². The van der Waals surface area contributed by atoms with Crippen LogP contribution in [0, 0.1) is 5.92 Å². The molecule has 1 atom stereocenters. The molecule has 2 aromatic rings. The van der Waals surface area contributed by atoms with Gasteiger partial charge in [-0.3, -0.25) is 0 Å². The molecule has 0 amide bonds. The lowest BCUT2D eigenvalue weighted by atomic mass is 10.0. The van der Waals surface area contributed by atoms with E-state index in [1.807, 2.05) is 18.2 Å². The Bertz CT molecular complexity index is 566. The van der Waals surface area contributed by atoms with E-state index in [9.17, 15) is 0 Å². The maximum atomic E-state index is 6.34. The molecule has 0 spiro atoms. The Kier molecular flexibility index (Phi) is 4.71. The van der Waals surface area contributed by atoms with Gasteiger partial charge in [0.1, 0.15) is 5.82 Å². The summed E-state index contributed by atoms with van der Waals surface area (Å²) in [5, 5.41) is 0.697. The van der Waals surface area contributed by atoms with Gasteiger partial charge in [-0.2, -0.15) is 0 Å². The second-order valence-corrected chi connectivity index (χ2v) is 5.58. The number of aromatic nitrogens is 2. The fourth-order valence-electron chi connectivity index (χ4n) is 2.34. The molecule has 5 heteroatoms.